The maximum atomic E-state index is 13.1. The average Bonchev–Trinajstić information content (AvgIpc) is 2.84. The van der Waals surface area contributed by atoms with Crippen LogP contribution >= 0.6 is 0 Å². The number of pyridine rings is 1. The standard InChI is InChI=1S/C25H24N4O2/c1-28(22-10-9-21(17-26)23(16-22)24-4-2-3-11-27-24)25(30)20-7-5-19(6-8-20)18-29-12-14-31-15-13-29/h2-11,16H,12-15,18H2,1H3. The fourth-order valence-electron chi connectivity index (χ4n) is 3.65. The number of nitrogens with zero attached hydrogens (tertiary/aromatic N) is 4. The van der Waals surface area contributed by atoms with Crippen molar-refractivity contribution in [2.75, 3.05) is 38.3 Å². The molecule has 0 radical (unpaired) electrons. The molecule has 1 aliphatic rings. The Labute approximate surface area is 182 Å². The van der Waals surface area contributed by atoms with Crippen molar-refractivity contribution >= 4 is 11.6 Å². The van der Waals surface area contributed by atoms with Crippen LogP contribution in [0.25, 0.3) is 11.3 Å². The van der Waals surface area contributed by atoms with Gasteiger partial charge in [-0.1, -0.05) is 18.2 Å². The topological polar surface area (TPSA) is 69.5 Å². The van der Waals surface area contributed by atoms with E-state index in [0.29, 0.717) is 28.1 Å². The first-order valence-electron chi connectivity index (χ1n) is 10.3. The molecule has 6 nitrogen and oxygen atoms in total. The summed E-state index contributed by atoms with van der Waals surface area (Å²) in [6.45, 7) is 4.26. The van der Waals surface area contributed by atoms with Crippen LogP contribution in [0.15, 0.2) is 66.9 Å². The molecule has 0 spiro atoms. The highest BCUT2D eigenvalue weighted by molar-refractivity contribution is 6.06. The molecule has 4 rings (SSSR count). The lowest BCUT2D eigenvalue weighted by molar-refractivity contribution is 0.0342. The van der Waals surface area contributed by atoms with Crippen LogP contribution in [0.3, 0.4) is 0 Å². The van der Waals surface area contributed by atoms with E-state index in [0.717, 1.165) is 32.8 Å². The van der Waals surface area contributed by atoms with Crippen molar-refractivity contribution in [1.29, 1.82) is 5.26 Å². The van der Waals surface area contributed by atoms with E-state index in [9.17, 15) is 10.1 Å². The summed E-state index contributed by atoms with van der Waals surface area (Å²) in [5, 5.41) is 9.47. The second-order valence-electron chi connectivity index (χ2n) is 7.51. The zero-order valence-corrected chi connectivity index (χ0v) is 17.5. The Morgan fingerprint density at radius 2 is 1.90 bits per heavy atom. The van der Waals surface area contributed by atoms with Crippen molar-refractivity contribution in [2.45, 2.75) is 6.54 Å². The van der Waals surface area contributed by atoms with Gasteiger partial charge >= 0.3 is 0 Å². The zero-order valence-electron chi connectivity index (χ0n) is 17.5. The number of aromatic nitrogens is 1. The maximum Gasteiger partial charge on any atom is 0.258 e. The fourth-order valence-corrected chi connectivity index (χ4v) is 3.65. The molecule has 1 saturated heterocycles. The van der Waals surface area contributed by atoms with Gasteiger partial charge in [0.05, 0.1) is 30.5 Å². The first-order valence-corrected chi connectivity index (χ1v) is 10.3. The molecule has 2 aromatic carbocycles. The number of benzene rings is 2. The molecule has 3 aromatic rings. The molecule has 0 N–H and O–H groups in total. The molecule has 2 heterocycles. The first kappa shape index (κ1) is 20.7. The Bertz CT molecular complexity index is 1080. The van der Waals surface area contributed by atoms with Gasteiger partial charge in [0.1, 0.15) is 0 Å². The van der Waals surface area contributed by atoms with Crippen LogP contribution in [0.5, 0.6) is 0 Å². The van der Waals surface area contributed by atoms with Crippen LogP contribution in [0.2, 0.25) is 0 Å². The third-order valence-corrected chi connectivity index (χ3v) is 5.47. The largest absolute Gasteiger partial charge is 0.379 e. The zero-order chi connectivity index (χ0) is 21.6. The van der Waals surface area contributed by atoms with Gasteiger partial charge in [0, 0.05) is 49.7 Å². The number of nitriles is 1. The number of hydrogen-bond acceptors (Lipinski definition) is 5. The van der Waals surface area contributed by atoms with E-state index in [-0.39, 0.29) is 5.91 Å². The van der Waals surface area contributed by atoms with Crippen LogP contribution in [-0.4, -0.2) is 49.1 Å². The molecule has 156 valence electrons. The van der Waals surface area contributed by atoms with Crippen LogP contribution < -0.4 is 4.90 Å². The second-order valence-corrected chi connectivity index (χ2v) is 7.51. The average molecular weight is 412 g/mol. The summed E-state index contributed by atoms with van der Waals surface area (Å²) in [4.78, 5) is 21.4. The molecule has 1 amide bonds. The highest BCUT2D eigenvalue weighted by Gasteiger charge is 2.17. The molecule has 0 saturated carbocycles. The molecule has 31 heavy (non-hydrogen) atoms. The smallest absolute Gasteiger partial charge is 0.258 e. The Hall–Kier alpha value is -3.53. The monoisotopic (exact) mass is 412 g/mol. The fraction of sp³-hybridized carbons (Fsp3) is 0.240. The summed E-state index contributed by atoms with van der Waals surface area (Å²) < 4.78 is 5.39. The molecule has 0 atom stereocenters. The Morgan fingerprint density at radius 3 is 2.58 bits per heavy atom. The molecule has 0 bridgehead atoms. The van der Waals surface area contributed by atoms with Crippen LogP contribution in [-0.2, 0) is 11.3 Å². The van der Waals surface area contributed by atoms with Crippen molar-refractivity contribution in [3.63, 3.8) is 0 Å². The van der Waals surface area contributed by atoms with Crippen molar-refractivity contribution in [1.82, 2.24) is 9.88 Å². The molecular weight excluding hydrogens is 388 g/mol. The van der Waals surface area contributed by atoms with E-state index in [1.165, 1.54) is 5.56 Å². The van der Waals surface area contributed by atoms with E-state index >= 15 is 0 Å². The van der Waals surface area contributed by atoms with Gasteiger partial charge in [-0.15, -0.1) is 0 Å². The molecule has 1 aromatic heterocycles. The lowest BCUT2D eigenvalue weighted by Gasteiger charge is -2.26. The number of morpholine rings is 1. The van der Waals surface area contributed by atoms with E-state index in [4.69, 9.17) is 4.74 Å². The molecule has 0 unspecified atom stereocenters. The number of amides is 1. The van der Waals surface area contributed by atoms with Gasteiger partial charge in [0.2, 0.25) is 0 Å². The van der Waals surface area contributed by atoms with Gasteiger partial charge in [0.25, 0.3) is 5.91 Å². The summed E-state index contributed by atoms with van der Waals surface area (Å²) in [5.41, 5.74) is 4.45. The van der Waals surface area contributed by atoms with Gasteiger partial charge < -0.3 is 9.64 Å². The van der Waals surface area contributed by atoms with Crippen molar-refractivity contribution < 1.29 is 9.53 Å². The Morgan fingerprint density at radius 1 is 1.13 bits per heavy atom. The number of hydrogen-bond donors (Lipinski definition) is 0. The molecule has 0 aliphatic carbocycles. The minimum atomic E-state index is -0.102. The van der Waals surface area contributed by atoms with Crippen LogP contribution in [0, 0.1) is 11.3 Å². The van der Waals surface area contributed by atoms with E-state index < -0.39 is 0 Å². The van der Waals surface area contributed by atoms with Gasteiger partial charge in [-0.2, -0.15) is 5.26 Å². The van der Waals surface area contributed by atoms with Crippen molar-refractivity contribution in [3.8, 4) is 17.3 Å². The summed E-state index contributed by atoms with van der Waals surface area (Å²) in [5.74, 6) is -0.102. The minimum absolute atomic E-state index is 0.102. The molecular formula is C25H24N4O2. The lowest BCUT2D eigenvalue weighted by atomic mass is 10.0. The SMILES string of the molecule is CN(C(=O)c1ccc(CN2CCOCC2)cc1)c1ccc(C#N)c(-c2ccccn2)c1. The van der Waals surface area contributed by atoms with Crippen molar-refractivity contribution in [3.05, 3.63) is 83.6 Å². The number of anilines is 1. The summed E-state index contributed by atoms with van der Waals surface area (Å²) in [7, 11) is 1.74. The normalized spacial score (nSPS) is 14.1. The van der Waals surface area contributed by atoms with Crippen LogP contribution in [0.1, 0.15) is 21.5 Å². The van der Waals surface area contributed by atoms with Gasteiger partial charge in [-0.05, 0) is 48.0 Å². The highest BCUT2D eigenvalue weighted by Crippen LogP contribution is 2.27. The predicted molar refractivity (Wildman–Crippen MR) is 120 cm³/mol. The molecule has 1 fully saturated rings. The third kappa shape index (κ3) is 4.80. The summed E-state index contributed by atoms with van der Waals surface area (Å²) >= 11 is 0. The lowest BCUT2D eigenvalue weighted by Crippen LogP contribution is -2.35. The van der Waals surface area contributed by atoms with Gasteiger partial charge in [-0.25, -0.2) is 0 Å². The number of carbonyl (C=O) groups excluding carboxylic acids is 1. The maximum absolute atomic E-state index is 13.1. The number of carbonyl (C=O) groups is 1. The number of rotatable bonds is 5. The van der Waals surface area contributed by atoms with E-state index in [1.807, 2.05) is 48.5 Å². The van der Waals surface area contributed by atoms with Crippen LogP contribution in [0.4, 0.5) is 5.69 Å². The Balaban J connectivity index is 1.52. The summed E-state index contributed by atoms with van der Waals surface area (Å²) in [6.07, 6.45) is 1.69. The molecule has 6 heteroatoms. The van der Waals surface area contributed by atoms with Gasteiger partial charge in [-0.3, -0.25) is 14.7 Å². The van der Waals surface area contributed by atoms with E-state index in [1.54, 1.807) is 30.3 Å². The highest BCUT2D eigenvalue weighted by atomic mass is 16.5. The first-order chi connectivity index (χ1) is 15.2. The van der Waals surface area contributed by atoms with E-state index in [2.05, 4.69) is 16.0 Å². The quantitative estimate of drug-likeness (QED) is 0.639. The van der Waals surface area contributed by atoms with Crippen molar-refractivity contribution in [2.24, 2.45) is 0 Å². The predicted octanol–water partition coefficient (Wildman–Crippen LogP) is 3.73. The summed E-state index contributed by atoms with van der Waals surface area (Å²) in [6, 6.07) is 20.9. The van der Waals surface area contributed by atoms with Gasteiger partial charge in [0.15, 0.2) is 0 Å². The molecule has 1 aliphatic heterocycles. The second kappa shape index (κ2) is 9.52. The number of ether oxygens (including phenoxy) is 1. The third-order valence-electron chi connectivity index (χ3n) is 5.47. The Kier molecular flexibility index (Phi) is 6.37. The minimum Gasteiger partial charge on any atom is -0.379 e.